The summed E-state index contributed by atoms with van der Waals surface area (Å²) in [5.74, 6) is -0.0743. The molecule has 0 spiro atoms. The predicted octanol–water partition coefficient (Wildman–Crippen LogP) is 2.47. The quantitative estimate of drug-likeness (QED) is 0.831. The molecule has 1 saturated heterocycles. The third-order valence-corrected chi connectivity index (χ3v) is 3.98. The van der Waals surface area contributed by atoms with Crippen molar-refractivity contribution in [1.29, 1.82) is 0 Å². The Bertz CT molecular complexity index is 500. The Morgan fingerprint density at radius 2 is 1.78 bits per heavy atom. The molecule has 1 aromatic rings. The Hall–Kier alpha value is -1.60. The van der Waals surface area contributed by atoms with Gasteiger partial charge in [0.1, 0.15) is 6.04 Å². The van der Waals surface area contributed by atoms with Crippen molar-refractivity contribution in [3.05, 3.63) is 35.9 Å². The van der Waals surface area contributed by atoms with E-state index in [1.54, 1.807) is 23.1 Å². The van der Waals surface area contributed by atoms with Crippen molar-refractivity contribution in [2.75, 3.05) is 39.9 Å². The summed E-state index contributed by atoms with van der Waals surface area (Å²) in [6.07, 6.45) is -4.08. The SMILES string of the molecule is COCCC(=O)N1CCN([C@@H](c2ccccc2)C(F)(F)F)CC1. The van der Waals surface area contributed by atoms with Crippen LogP contribution in [0.1, 0.15) is 18.0 Å². The number of carbonyl (C=O) groups is 1. The maximum atomic E-state index is 13.5. The van der Waals surface area contributed by atoms with Crippen LogP contribution in [0.4, 0.5) is 13.2 Å². The number of methoxy groups -OCH3 is 1. The highest BCUT2D eigenvalue weighted by Crippen LogP contribution is 2.38. The highest BCUT2D eigenvalue weighted by molar-refractivity contribution is 5.76. The van der Waals surface area contributed by atoms with Gasteiger partial charge < -0.3 is 9.64 Å². The van der Waals surface area contributed by atoms with Gasteiger partial charge in [-0.3, -0.25) is 9.69 Å². The first-order chi connectivity index (χ1) is 10.9. The van der Waals surface area contributed by atoms with Crippen molar-refractivity contribution in [2.45, 2.75) is 18.6 Å². The van der Waals surface area contributed by atoms with Gasteiger partial charge in [-0.15, -0.1) is 0 Å². The molecule has 23 heavy (non-hydrogen) atoms. The minimum absolute atomic E-state index is 0.0743. The van der Waals surface area contributed by atoms with Gasteiger partial charge in [-0.05, 0) is 5.56 Å². The summed E-state index contributed by atoms with van der Waals surface area (Å²) in [6, 6.07) is 6.28. The summed E-state index contributed by atoms with van der Waals surface area (Å²) in [5, 5.41) is 0. The van der Waals surface area contributed by atoms with E-state index in [-0.39, 0.29) is 31.0 Å². The Morgan fingerprint density at radius 3 is 2.30 bits per heavy atom. The predicted molar refractivity (Wildman–Crippen MR) is 79.9 cm³/mol. The standard InChI is InChI=1S/C16H21F3N2O2/c1-23-12-7-14(22)20-8-10-21(11-9-20)15(16(17,18)19)13-5-3-2-4-6-13/h2-6,15H,7-12H2,1H3/t15-/m0/s1. The summed E-state index contributed by atoms with van der Waals surface area (Å²) >= 11 is 0. The van der Waals surface area contributed by atoms with Gasteiger partial charge in [0, 0.05) is 33.3 Å². The van der Waals surface area contributed by atoms with Crippen LogP contribution in [0, 0.1) is 0 Å². The molecule has 0 saturated carbocycles. The first-order valence-electron chi connectivity index (χ1n) is 7.56. The van der Waals surface area contributed by atoms with E-state index >= 15 is 0 Å². The van der Waals surface area contributed by atoms with Crippen LogP contribution < -0.4 is 0 Å². The van der Waals surface area contributed by atoms with Gasteiger partial charge in [0.2, 0.25) is 5.91 Å². The lowest BCUT2D eigenvalue weighted by Gasteiger charge is -2.40. The summed E-state index contributed by atoms with van der Waals surface area (Å²) in [5.41, 5.74) is 0.235. The van der Waals surface area contributed by atoms with E-state index in [0.717, 1.165) is 0 Å². The molecule has 7 heteroatoms. The Morgan fingerprint density at radius 1 is 1.17 bits per heavy atom. The summed E-state index contributed by atoms with van der Waals surface area (Å²) in [7, 11) is 1.51. The minimum atomic E-state index is -4.34. The zero-order valence-electron chi connectivity index (χ0n) is 13.1. The molecule has 1 aromatic carbocycles. The molecule has 1 amide bonds. The highest BCUT2D eigenvalue weighted by atomic mass is 19.4. The monoisotopic (exact) mass is 330 g/mol. The highest BCUT2D eigenvalue weighted by Gasteiger charge is 2.45. The van der Waals surface area contributed by atoms with Crippen LogP contribution in [-0.4, -0.2) is 61.8 Å². The van der Waals surface area contributed by atoms with Crippen molar-refractivity contribution < 1.29 is 22.7 Å². The van der Waals surface area contributed by atoms with Crippen molar-refractivity contribution in [3.63, 3.8) is 0 Å². The van der Waals surface area contributed by atoms with E-state index in [1.165, 1.54) is 24.1 Å². The second-order valence-electron chi connectivity index (χ2n) is 5.51. The Kier molecular flexibility index (Phi) is 6.01. The fourth-order valence-corrected chi connectivity index (χ4v) is 2.82. The van der Waals surface area contributed by atoms with Crippen LogP contribution in [0.25, 0.3) is 0 Å². The first kappa shape index (κ1) is 17.7. The van der Waals surface area contributed by atoms with E-state index in [1.807, 2.05) is 0 Å². The normalized spacial score (nSPS) is 18.0. The maximum absolute atomic E-state index is 13.5. The molecule has 0 unspecified atom stereocenters. The lowest BCUT2D eigenvalue weighted by molar-refractivity contribution is -0.190. The molecule has 4 nitrogen and oxygen atoms in total. The van der Waals surface area contributed by atoms with Crippen molar-refractivity contribution in [2.24, 2.45) is 0 Å². The summed E-state index contributed by atoms with van der Waals surface area (Å²) < 4.78 is 45.3. The molecular formula is C16H21F3N2O2. The van der Waals surface area contributed by atoms with Gasteiger partial charge in [-0.1, -0.05) is 30.3 Å². The lowest BCUT2D eigenvalue weighted by Crippen LogP contribution is -2.52. The van der Waals surface area contributed by atoms with E-state index in [9.17, 15) is 18.0 Å². The number of carbonyl (C=O) groups excluding carboxylic acids is 1. The maximum Gasteiger partial charge on any atom is 0.408 e. The zero-order valence-corrected chi connectivity index (χ0v) is 13.1. The third-order valence-electron chi connectivity index (χ3n) is 3.98. The van der Waals surface area contributed by atoms with Gasteiger partial charge in [0.05, 0.1) is 13.0 Å². The molecule has 1 aliphatic heterocycles. The van der Waals surface area contributed by atoms with Crippen molar-refractivity contribution >= 4 is 5.91 Å². The van der Waals surface area contributed by atoms with Gasteiger partial charge >= 0.3 is 6.18 Å². The number of hydrogen-bond donors (Lipinski definition) is 0. The average Bonchev–Trinajstić information content (AvgIpc) is 2.53. The van der Waals surface area contributed by atoms with Crippen molar-refractivity contribution in [3.8, 4) is 0 Å². The number of hydrogen-bond acceptors (Lipinski definition) is 3. The van der Waals surface area contributed by atoms with Crippen molar-refractivity contribution in [1.82, 2.24) is 9.80 Å². The molecule has 1 aliphatic rings. The number of benzene rings is 1. The number of ether oxygens (including phenoxy) is 1. The van der Waals surface area contributed by atoms with E-state index in [0.29, 0.717) is 19.7 Å². The van der Waals surface area contributed by atoms with Crippen LogP contribution in [-0.2, 0) is 9.53 Å². The molecule has 1 heterocycles. The smallest absolute Gasteiger partial charge is 0.384 e. The van der Waals surface area contributed by atoms with Crippen LogP contribution in [0.5, 0.6) is 0 Å². The van der Waals surface area contributed by atoms with E-state index in [4.69, 9.17) is 4.74 Å². The minimum Gasteiger partial charge on any atom is -0.384 e. The van der Waals surface area contributed by atoms with Crippen LogP contribution in [0.3, 0.4) is 0 Å². The van der Waals surface area contributed by atoms with Crippen LogP contribution in [0.15, 0.2) is 30.3 Å². The molecule has 1 atom stereocenters. The number of nitrogens with zero attached hydrogens (tertiary/aromatic N) is 2. The van der Waals surface area contributed by atoms with Gasteiger partial charge in [0.25, 0.3) is 0 Å². The zero-order chi connectivity index (χ0) is 16.9. The van der Waals surface area contributed by atoms with Gasteiger partial charge in [0.15, 0.2) is 0 Å². The molecule has 0 aliphatic carbocycles. The average molecular weight is 330 g/mol. The lowest BCUT2D eigenvalue weighted by atomic mass is 10.0. The molecule has 0 N–H and O–H groups in total. The molecule has 128 valence electrons. The molecular weight excluding hydrogens is 309 g/mol. The molecule has 0 radical (unpaired) electrons. The molecule has 0 bridgehead atoms. The van der Waals surface area contributed by atoms with Gasteiger partial charge in [-0.2, -0.15) is 13.2 Å². The summed E-state index contributed by atoms with van der Waals surface area (Å²) in [6.45, 7) is 1.35. The Labute approximate surface area is 133 Å². The number of alkyl halides is 3. The fraction of sp³-hybridized carbons (Fsp3) is 0.562. The number of rotatable bonds is 5. The molecule has 0 aromatic heterocycles. The largest absolute Gasteiger partial charge is 0.408 e. The van der Waals surface area contributed by atoms with E-state index < -0.39 is 12.2 Å². The number of piperazine rings is 1. The van der Waals surface area contributed by atoms with Gasteiger partial charge in [-0.25, -0.2) is 0 Å². The number of halogens is 3. The second kappa shape index (κ2) is 7.79. The molecule has 1 fully saturated rings. The number of amides is 1. The molecule has 2 rings (SSSR count). The fourth-order valence-electron chi connectivity index (χ4n) is 2.82. The van der Waals surface area contributed by atoms with E-state index in [2.05, 4.69) is 0 Å². The van der Waals surface area contributed by atoms with Crippen LogP contribution in [0.2, 0.25) is 0 Å². The topological polar surface area (TPSA) is 32.8 Å². The second-order valence-corrected chi connectivity index (χ2v) is 5.51. The summed E-state index contributed by atoms with van der Waals surface area (Å²) in [4.78, 5) is 14.9. The first-order valence-corrected chi connectivity index (χ1v) is 7.56. The Balaban J connectivity index is 2.02. The van der Waals surface area contributed by atoms with Crippen LogP contribution >= 0.6 is 0 Å². The third kappa shape index (κ3) is 4.68.